The standard InChI is InChI=1S/C8H10N3O3P/c1-6-4-7(5-15(12,13)14)11-8(10-6)2-3-9-11/h2-4H,5H2,1H3,(H2,12,13,14)/p-2. The second-order valence-electron chi connectivity index (χ2n) is 3.26. The van der Waals surface area contributed by atoms with E-state index in [1.165, 1.54) is 10.7 Å². The quantitative estimate of drug-likeness (QED) is 0.639. The topological polar surface area (TPSA) is 93.4 Å². The molecular formula is C8H8N3O3P-2. The van der Waals surface area contributed by atoms with Crippen molar-refractivity contribution in [3.8, 4) is 0 Å². The zero-order valence-electron chi connectivity index (χ0n) is 7.95. The molecule has 0 radical (unpaired) electrons. The third kappa shape index (κ3) is 2.23. The molecule has 0 aromatic carbocycles. The highest BCUT2D eigenvalue weighted by Gasteiger charge is 2.05. The first kappa shape index (κ1) is 10.3. The molecule has 0 fully saturated rings. The van der Waals surface area contributed by atoms with Gasteiger partial charge in [-0.2, -0.15) is 5.10 Å². The van der Waals surface area contributed by atoms with Gasteiger partial charge in [0.05, 0.1) is 11.9 Å². The number of aromatic nitrogens is 3. The number of hydrogen-bond acceptors (Lipinski definition) is 5. The van der Waals surface area contributed by atoms with E-state index in [-0.39, 0.29) is 0 Å². The highest BCUT2D eigenvalue weighted by molar-refractivity contribution is 7.47. The van der Waals surface area contributed by atoms with Crippen LogP contribution in [0.1, 0.15) is 11.4 Å². The Bertz CT molecular complexity index is 545. The second kappa shape index (κ2) is 3.41. The number of hydrogen-bond donors (Lipinski definition) is 0. The number of fused-ring (bicyclic) bond motifs is 1. The Kier molecular flexibility index (Phi) is 2.34. The van der Waals surface area contributed by atoms with Crippen LogP contribution in [0.4, 0.5) is 0 Å². The van der Waals surface area contributed by atoms with Gasteiger partial charge in [-0.15, -0.1) is 0 Å². The van der Waals surface area contributed by atoms with Crippen LogP contribution in [-0.2, 0) is 10.7 Å². The van der Waals surface area contributed by atoms with E-state index in [1.54, 1.807) is 19.1 Å². The molecule has 7 heteroatoms. The van der Waals surface area contributed by atoms with Gasteiger partial charge in [0.25, 0.3) is 0 Å². The van der Waals surface area contributed by atoms with E-state index in [0.717, 1.165) is 0 Å². The highest BCUT2D eigenvalue weighted by Crippen LogP contribution is 2.29. The molecule has 2 aromatic rings. The number of rotatable bonds is 2. The summed E-state index contributed by atoms with van der Waals surface area (Å²) >= 11 is 0. The summed E-state index contributed by atoms with van der Waals surface area (Å²) in [6.07, 6.45) is 0.959. The monoisotopic (exact) mass is 225 g/mol. The summed E-state index contributed by atoms with van der Waals surface area (Å²) in [6, 6.07) is 3.19. The van der Waals surface area contributed by atoms with Crippen LogP contribution in [0.3, 0.4) is 0 Å². The second-order valence-corrected chi connectivity index (χ2v) is 4.80. The zero-order chi connectivity index (χ0) is 11.1. The van der Waals surface area contributed by atoms with Crippen LogP contribution in [0.2, 0.25) is 0 Å². The maximum Gasteiger partial charge on any atom is 0.155 e. The molecular weight excluding hydrogens is 217 g/mol. The fourth-order valence-electron chi connectivity index (χ4n) is 1.43. The van der Waals surface area contributed by atoms with Crippen molar-refractivity contribution in [2.45, 2.75) is 13.1 Å². The van der Waals surface area contributed by atoms with E-state index in [4.69, 9.17) is 0 Å². The Morgan fingerprint density at radius 2 is 2.27 bits per heavy atom. The highest BCUT2D eigenvalue weighted by atomic mass is 31.2. The Morgan fingerprint density at radius 3 is 2.93 bits per heavy atom. The van der Waals surface area contributed by atoms with Crippen LogP contribution in [0.5, 0.6) is 0 Å². The molecule has 2 rings (SSSR count). The lowest BCUT2D eigenvalue weighted by atomic mass is 10.3. The van der Waals surface area contributed by atoms with Crippen LogP contribution >= 0.6 is 7.60 Å². The van der Waals surface area contributed by atoms with Gasteiger partial charge >= 0.3 is 0 Å². The van der Waals surface area contributed by atoms with Crippen LogP contribution in [0, 0.1) is 6.92 Å². The van der Waals surface area contributed by atoms with E-state index < -0.39 is 13.8 Å². The minimum atomic E-state index is -4.58. The molecule has 80 valence electrons. The lowest BCUT2D eigenvalue weighted by Gasteiger charge is -2.29. The smallest absolute Gasteiger partial charge is 0.155 e. The molecule has 0 aliphatic rings. The van der Waals surface area contributed by atoms with E-state index in [0.29, 0.717) is 17.0 Å². The predicted molar refractivity (Wildman–Crippen MR) is 49.0 cm³/mol. The van der Waals surface area contributed by atoms with Gasteiger partial charge in [0.1, 0.15) is 0 Å². The van der Waals surface area contributed by atoms with Crippen molar-refractivity contribution in [2.75, 3.05) is 0 Å². The molecule has 2 heterocycles. The lowest BCUT2D eigenvalue weighted by molar-refractivity contribution is -0.314. The molecule has 0 bridgehead atoms. The van der Waals surface area contributed by atoms with Gasteiger partial charge in [-0.05, 0) is 13.0 Å². The first-order chi connectivity index (χ1) is 6.96. The van der Waals surface area contributed by atoms with E-state index in [9.17, 15) is 14.4 Å². The Morgan fingerprint density at radius 1 is 1.53 bits per heavy atom. The summed E-state index contributed by atoms with van der Waals surface area (Å²) in [5.41, 5.74) is 1.54. The molecule has 2 aromatic heterocycles. The molecule has 0 unspecified atom stereocenters. The van der Waals surface area contributed by atoms with E-state index in [2.05, 4.69) is 10.1 Å². The molecule has 0 N–H and O–H groups in total. The van der Waals surface area contributed by atoms with Crippen molar-refractivity contribution in [2.24, 2.45) is 0 Å². The molecule has 0 saturated heterocycles. The first-order valence-electron chi connectivity index (χ1n) is 4.27. The van der Waals surface area contributed by atoms with E-state index in [1.807, 2.05) is 0 Å². The van der Waals surface area contributed by atoms with Gasteiger partial charge in [-0.25, -0.2) is 9.50 Å². The maximum absolute atomic E-state index is 10.7. The zero-order valence-corrected chi connectivity index (χ0v) is 8.85. The minimum absolute atomic E-state index is 0.343. The fraction of sp³-hybridized carbons (Fsp3) is 0.250. The van der Waals surface area contributed by atoms with Gasteiger partial charge in [0.15, 0.2) is 5.65 Å². The molecule has 0 atom stereocenters. The molecule has 0 spiro atoms. The largest absolute Gasteiger partial charge is 0.810 e. The van der Waals surface area contributed by atoms with Crippen LogP contribution in [-0.4, -0.2) is 14.6 Å². The van der Waals surface area contributed by atoms with Gasteiger partial charge in [-0.1, -0.05) is 7.60 Å². The third-order valence-electron chi connectivity index (χ3n) is 1.92. The SMILES string of the molecule is Cc1cc(CP(=O)([O-])[O-])n2nccc2n1. The summed E-state index contributed by atoms with van der Waals surface area (Å²) in [6.45, 7) is 1.73. The minimum Gasteiger partial charge on any atom is -0.810 e. The summed E-state index contributed by atoms with van der Waals surface area (Å²) in [5.74, 6) is 0. The molecule has 0 aliphatic heterocycles. The van der Waals surface area contributed by atoms with Crippen molar-refractivity contribution in [3.63, 3.8) is 0 Å². The van der Waals surface area contributed by atoms with Crippen molar-refractivity contribution in [1.29, 1.82) is 0 Å². The van der Waals surface area contributed by atoms with Gasteiger partial charge < -0.3 is 14.4 Å². The van der Waals surface area contributed by atoms with Crippen LogP contribution < -0.4 is 9.79 Å². The molecule has 0 aliphatic carbocycles. The summed E-state index contributed by atoms with van der Waals surface area (Å²) < 4.78 is 12.0. The van der Waals surface area contributed by atoms with E-state index >= 15 is 0 Å². The summed E-state index contributed by atoms with van der Waals surface area (Å²) in [4.78, 5) is 25.5. The van der Waals surface area contributed by atoms with Gasteiger partial charge in [0.2, 0.25) is 0 Å². The lowest BCUT2D eigenvalue weighted by Crippen LogP contribution is -2.17. The summed E-state index contributed by atoms with van der Waals surface area (Å²) in [7, 11) is -4.58. The number of nitrogens with zero attached hydrogens (tertiary/aromatic N) is 3. The summed E-state index contributed by atoms with van der Waals surface area (Å²) in [5, 5.41) is 3.90. The van der Waals surface area contributed by atoms with Crippen molar-refractivity contribution >= 4 is 13.2 Å². The first-order valence-corrected chi connectivity index (χ1v) is 6.00. The van der Waals surface area contributed by atoms with Crippen molar-refractivity contribution in [1.82, 2.24) is 14.6 Å². The molecule has 0 amide bonds. The fourth-order valence-corrected chi connectivity index (χ4v) is 2.05. The van der Waals surface area contributed by atoms with Gasteiger partial charge in [0, 0.05) is 17.9 Å². The predicted octanol–water partition coefficient (Wildman–Crippen LogP) is -0.549. The average molecular weight is 225 g/mol. The molecule has 0 saturated carbocycles. The Labute approximate surface area is 85.7 Å². The maximum atomic E-state index is 10.7. The van der Waals surface area contributed by atoms with Gasteiger partial charge in [-0.3, -0.25) is 0 Å². The normalized spacial score (nSPS) is 12.2. The Hall–Kier alpha value is -1.23. The van der Waals surface area contributed by atoms with Crippen LogP contribution in [0.15, 0.2) is 18.3 Å². The number of aryl methyl sites for hydroxylation is 1. The average Bonchev–Trinajstić information content (AvgIpc) is 2.48. The third-order valence-corrected chi connectivity index (χ3v) is 2.63. The van der Waals surface area contributed by atoms with Crippen molar-refractivity contribution in [3.05, 3.63) is 29.7 Å². The molecule has 6 nitrogen and oxygen atoms in total. The van der Waals surface area contributed by atoms with Crippen molar-refractivity contribution < 1.29 is 14.4 Å². The Balaban J connectivity index is 2.58. The van der Waals surface area contributed by atoms with Crippen LogP contribution in [0.25, 0.3) is 5.65 Å². The molecule has 15 heavy (non-hydrogen) atoms.